The van der Waals surface area contributed by atoms with Crippen molar-refractivity contribution in [3.63, 3.8) is 0 Å². The van der Waals surface area contributed by atoms with E-state index in [0.29, 0.717) is 16.5 Å². The molecular weight excluding hydrogens is 274 g/mol. The number of hydrogen-bond donors (Lipinski definition) is 3. The molecule has 0 fully saturated rings. The van der Waals surface area contributed by atoms with Crippen LogP contribution in [0.3, 0.4) is 0 Å². The standard InChI is InChI=1S/C13H11N5OS/c14-18-11-7-8(5-6-15-11)12(19)17-13-16-9-3-1-2-4-10(9)20-13/h1-7H,14H2,(H,15,18)(H,16,17,19). The lowest BCUT2D eigenvalue weighted by Gasteiger charge is -2.03. The van der Waals surface area contributed by atoms with Crippen molar-refractivity contribution >= 4 is 38.4 Å². The third-order valence-electron chi connectivity index (χ3n) is 2.68. The first-order chi connectivity index (χ1) is 9.76. The molecule has 2 aromatic heterocycles. The third kappa shape index (κ3) is 2.44. The Morgan fingerprint density at radius 2 is 2.10 bits per heavy atom. The van der Waals surface area contributed by atoms with E-state index in [0.717, 1.165) is 10.2 Å². The van der Waals surface area contributed by atoms with Crippen LogP contribution in [-0.2, 0) is 0 Å². The number of benzene rings is 1. The smallest absolute Gasteiger partial charge is 0.257 e. The van der Waals surface area contributed by atoms with Gasteiger partial charge in [-0.1, -0.05) is 23.5 Å². The molecule has 0 atom stereocenters. The highest BCUT2D eigenvalue weighted by Gasteiger charge is 2.10. The lowest BCUT2D eigenvalue weighted by atomic mass is 10.2. The molecule has 0 aliphatic heterocycles. The molecule has 1 amide bonds. The van der Waals surface area contributed by atoms with Crippen molar-refractivity contribution in [1.82, 2.24) is 9.97 Å². The van der Waals surface area contributed by atoms with Gasteiger partial charge in [0.2, 0.25) is 0 Å². The minimum Gasteiger partial charge on any atom is -0.308 e. The zero-order valence-electron chi connectivity index (χ0n) is 10.3. The fraction of sp³-hybridized carbons (Fsp3) is 0. The summed E-state index contributed by atoms with van der Waals surface area (Å²) in [6.45, 7) is 0. The van der Waals surface area contributed by atoms with Crippen molar-refractivity contribution < 1.29 is 4.79 Å². The van der Waals surface area contributed by atoms with Crippen LogP contribution >= 0.6 is 11.3 Å². The van der Waals surface area contributed by atoms with Crippen LogP contribution in [0.15, 0.2) is 42.6 Å². The highest BCUT2D eigenvalue weighted by atomic mass is 32.1. The number of rotatable bonds is 3. The summed E-state index contributed by atoms with van der Waals surface area (Å²) in [4.78, 5) is 20.4. The van der Waals surface area contributed by atoms with E-state index in [1.54, 1.807) is 12.1 Å². The highest BCUT2D eigenvalue weighted by molar-refractivity contribution is 7.22. The largest absolute Gasteiger partial charge is 0.308 e. The molecule has 2 heterocycles. The van der Waals surface area contributed by atoms with E-state index in [4.69, 9.17) is 5.84 Å². The van der Waals surface area contributed by atoms with Gasteiger partial charge >= 0.3 is 0 Å². The van der Waals surface area contributed by atoms with Crippen LogP contribution in [-0.4, -0.2) is 15.9 Å². The number of nitrogen functional groups attached to an aromatic ring is 1. The average Bonchev–Trinajstić information content (AvgIpc) is 2.89. The van der Waals surface area contributed by atoms with Gasteiger partial charge in [-0.05, 0) is 24.3 Å². The molecule has 3 aromatic rings. The summed E-state index contributed by atoms with van der Waals surface area (Å²) in [6, 6.07) is 10.9. The average molecular weight is 285 g/mol. The first-order valence-electron chi connectivity index (χ1n) is 5.86. The van der Waals surface area contributed by atoms with E-state index >= 15 is 0 Å². The van der Waals surface area contributed by atoms with Gasteiger partial charge in [-0.2, -0.15) is 0 Å². The highest BCUT2D eigenvalue weighted by Crippen LogP contribution is 2.25. The van der Waals surface area contributed by atoms with Crippen LogP contribution in [0, 0.1) is 0 Å². The lowest BCUT2D eigenvalue weighted by molar-refractivity contribution is 0.102. The van der Waals surface area contributed by atoms with Crippen molar-refractivity contribution in [3.05, 3.63) is 48.2 Å². The second-order valence-electron chi connectivity index (χ2n) is 4.01. The predicted octanol–water partition coefficient (Wildman–Crippen LogP) is 2.23. The maximum Gasteiger partial charge on any atom is 0.257 e. The number of carbonyl (C=O) groups is 1. The van der Waals surface area contributed by atoms with Crippen molar-refractivity contribution in [2.45, 2.75) is 0 Å². The van der Waals surface area contributed by atoms with Crippen molar-refractivity contribution in [2.75, 3.05) is 10.7 Å². The van der Waals surface area contributed by atoms with Crippen LogP contribution in [0.1, 0.15) is 10.4 Å². The minimum atomic E-state index is -0.247. The van der Waals surface area contributed by atoms with Crippen molar-refractivity contribution in [1.29, 1.82) is 0 Å². The van der Waals surface area contributed by atoms with E-state index in [1.165, 1.54) is 17.5 Å². The number of nitrogens with zero attached hydrogens (tertiary/aromatic N) is 2. The van der Waals surface area contributed by atoms with Crippen molar-refractivity contribution in [2.24, 2.45) is 5.84 Å². The Kier molecular flexibility index (Phi) is 3.28. The second kappa shape index (κ2) is 5.24. The third-order valence-corrected chi connectivity index (χ3v) is 3.64. The van der Waals surface area contributed by atoms with E-state index in [1.807, 2.05) is 24.3 Å². The number of amides is 1. The summed E-state index contributed by atoms with van der Waals surface area (Å²) in [6.07, 6.45) is 1.52. The van der Waals surface area contributed by atoms with Crippen LogP contribution in [0.2, 0.25) is 0 Å². The summed E-state index contributed by atoms with van der Waals surface area (Å²) in [5, 5.41) is 3.34. The van der Waals surface area contributed by atoms with Gasteiger partial charge in [-0.25, -0.2) is 15.8 Å². The summed E-state index contributed by atoms with van der Waals surface area (Å²) in [7, 11) is 0. The molecule has 20 heavy (non-hydrogen) atoms. The zero-order valence-corrected chi connectivity index (χ0v) is 11.1. The number of thiazole rings is 1. The molecule has 0 saturated carbocycles. The molecule has 0 aliphatic rings. The number of anilines is 2. The molecule has 100 valence electrons. The Morgan fingerprint density at radius 1 is 1.25 bits per heavy atom. The molecule has 1 aromatic carbocycles. The van der Waals surface area contributed by atoms with E-state index in [9.17, 15) is 4.79 Å². The molecule has 7 heteroatoms. The number of fused-ring (bicyclic) bond motifs is 1. The topological polar surface area (TPSA) is 92.9 Å². The number of hydrogen-bond acceptors (Lipinski definition) is 6. The quantitative estimate of drug-likeness (QED) is 0.507. The molecule has 0 spiro atoms. The Bertz CT molecular complexity index is 737. The van der Waals surface area contributed by atoms with E-state index in [2.05, 4.69) is 20.7 Å². The monoisotopic (exact) mass is 285 g/mol. The first kappa shape index (κ1) is 12.5. The van der Waals surface area contributed by atoms with Crippen molar-refractivity contribution in [3.8, 4) is 0 Å². The molecular formula is C13H11N5OS. The predicted molar refractivity (Wildman–Crippen MR) is 79.6 cm³/mol. The van der Waals surface area contributed by atoms with Crippen LogP contribution < -0.4 is 16.6 Å². The van der Waals surface area contributed by atoms with Crippen LogP contribution in [0.25, 0.3) is 10.2 Å². The lowest BCUT2D eigenvalue weighted by Crippen LogP contribution is -2.14. The number of carbonyl (C=O) groups excluding carboxylic acids is 1. The molecule has 0 saturated heterocycles. The second-order valence-corrected chi connectivity index (χ2v) is 5.05. The number of pyridine rings is 1. The SMILES string of the molecule is NNc1cc(C(=O)Nc2nc3ccccc3s2)ccn1. The number of hydrazine groups is 1. The summed E-state index contributed by atoms with van der Waals surface area (Å²) in [5.74, 6) is 5.45. The molecule has 4 N–H and O–H groups in total. The number of aromatic nitrogens is 2. The Morgan fingerprint density at radius 3 is 2.90 bits per heavy atom. The minimum absolute atomic E-state index is 0.247. The van der Waals surface area contributed by atoms with Gasteiger partial charge in [0.05, 0.1) is 10.2 Å². The van der Waals surface area contributed by atoms with Gasteiger partial charge in [0.1, 0.15) is 5.82 Å². The molecule has 0 bridgehead atoms. The Balaban J connectivity index is 1.84. The van der Waals surface area contributed by atoms with Gasteiger partial charge in [-0.3, -0.25) is 10.1 Å². The molecule has 3 rings (SSSR count). The molecule has 0 radical (unpaired) electrons. The Labute approximate surface area is 118 Å². The fourth-order valence-corrected chi connectivity index (χ4v) is 2.61. The molecule has 0 aliphatic carbocycles. The number of nitrogens with one attached hydrogen (secondary N) is 2. The van der Waals surface area contributed by atoms with Gasteiger partial charge in [0.15, 0.2) is 5.13 Å². The van der Waals surface area contributed by atoms with Crippen LogP contribution in [0.5, 0.6) is 0 Å². The summed E-state index contributed by atoms with van der Waals surface area (Å²) < 4.78 is 1.03. The maximum atomic E-state index is 12.1. The Hall–Kier alpha value is -2.51. The van der Waals surface area contributed by atoms with Crippen LogP contribution in [0.4, 0.5) is 10.9 Å². The van der Waals surface area contributed by atoms with Gasteiger partial charge in [0.25, 0.3) is 5.91 Å². The van der Waals surface area contributed by atoms with Gasteiger partial charge in [0, 0.05) is 11.8 Å². The number of para-hydroxylation sites is 1. The maximum absolute atomic E-state index is 12.1. The zero-order chi connectivity index (χ0) is 13.9. The normalized spacial score (nSPS) is 10.4. The molecule has 0 unspecified atom stereocenters. The summed E-state index contributed by atoms with van der Waals surface area (Å²) in [5.41, 5.74) is 3.74. The van der Waals surface area contributed by atoms with Gasteiger partial charge in [-0.15, -0.1) is 0 Å². The van der Waals surface area contributed by atoms with E-state index < -0.39 is 0 Å². The van der Waals surface area contributed by atoms with E-state index in [-0.39, 0.29) is 5.91 Å². The number of nitrogens with two attached hydrogens (primary N) is 1. The van der Waals surface area contributed by atoms with Gasteiger partial charge < -0.3 is 5.43 Å². The summed E-state index contributed by atoms with van der Waals surface area (Å²) >= 11 is 1.43. The fourth-order valence-electron chi connectivity index (χ4n) is 1.75. The molecule has 6 nitrogen and oxygen atoms in total. The first-order valence-corrected chi connectivity index (χ1v) is 6.67.